The average molecular weight is 453 g/mol. The minimum absolute atomic E-state index is 0.0816. The normalized spacial score (nSPS) is 17.2. The summed E-state index contributed by atoms with van der Waals surface area (Å²) in [5.41, 5.74) is 1.24. The van der Waals surface area contributed by atoms with Gasteiger partial charge in [0, 0.05) is 22.9 Å². The fourth-order valence-electron chi connectivity index (χ4n) is 2.88. The number of hydrogen-bond donors (Lipinski definition) is 2. The molecule has 0 bridgehead atoms. The molecule has 1 aliphatic heterocycles. The summed E-state index contributed by atoms with van der Waals surface area (Å²) in [5, 5.41) is 4.83. The van der Waals surface area contributed by atoms with Gasteiger partial charge in [-0.15, -0.1) is 11.8 Å². The molecule has 2 aromatic carbocycles. The molecule has 154 valence electrons. The Morgan fingerprint density at radius 1 is 1.28 bits per heavy atom. The van der Waals surface area contributed by atoms with Gasteiger partial charge in [-0.2, -0.15) is 0 Å². The predicted molar refractivity (Wildman–Crippen MR) is 115 cm³/mol. The van der Waals surface area contributed by atoms with Crippen molar-refractivity contribution in [2.45, 2.75) is 47.1 Å². The highest BCUT2D eigenvalue weighted by molar-refractivity contribution is 8.01. The third kappa shape index (κ3) is 4.94. The second-order valence-corrected chi connectivity index (χ2v) is 11.0. The monoisotopic (exact) mass is 452 g/mol. The summed E-state index contributed by atoms with van der Waals surface area (Å²) in [7, 11) is -3.74. The average Bonchev–Trinajstić information content (AvgIpc) is 2.67. The molecule has 2 atom stereocenters. The van der Waals surface area contributed by atoms with E-state index < -0.39 is 15.1 Å². The molecule has 0 unspecified atom stereocenters. The van der Waals surface area contributed by atoms with Crippen LogP contribution in [0.1, 0.15) is 25.8 Å². The van der Waals surface area contributed by atoms with Gasteiger partial charge in [-0.3, -0.25) is 9.59 Å². The maximum atomic E-state index is 12.9. The third-order valence-corrected chi connectivity index (χ3v) is 8.33. The quantitative estimate of drug-likeness (QED) is 0.698. The Balaban J connectivity index is 1.67. The molecule has 0 saturated carbocycles. The lowest BCUT2D eigenvalue weighted by Crippen LogP contribution is -2.30. The number of halogens is 1. The molecule has 3 rings (SSSR count). The van der Waals surface area contributed by atoms with E-state index in [1.165, 1.54) is 30.8 Å². The van der Waals surface area contributed by atoms with Crippen LogP contribution < -0.4 is 10.6 Å². The Labute approximate surface area is 179 Å². The second-order valence-electron chi connectivity index (χ2n) is 6.84. The van der Waals surface area contributed by atoms with E-state index in [1.807, 2.05) is 6.07 Å². The minimum atomic E-state index is -3.74. The van der Waals surface area contributed by atoms with Gasteiger partial charge < -0.3 is 10.6 Å². The van der Waals surface area contributed by atoms with Gasteiger partial charge in [0.15, 0.2) is 9.84 Å². The lowest BCUT2D eigenvalue weighted by atomic mass is 10.2. The maximum absolute atomic E-state index is 12.9. The molecule has 0 saturated heterocycles. The zero-order valence-corrected chi connectivity index (χ0v) is 18.3. The smallest absolute Gasteiger partial charge is 0.237 e. The Morgan fingerprint density at radius 2 is 2.00 bits per heavy atom. The first kappa shape index (κ1) is 21.7. The highest BCUT2D eigenvalue weighted by atomic mass is 35.5. The molecule has 2 amide bonds. The van der Waals surface area contributed by atoms with Crippen LogP contribution in [0.2, 0.25) is 5.02 Å². The molecule has 9 heteroatoms. The van der Waals surface area contributed by atoms with E-state index in [4.69, 9.17) is 11.6 Å². The number of hydrogen-bond acceptors (Lipinski definition) is 5. The molecule has 2 aromatic rings. The highest BCUT2D eigenvalue weighted by Crippen LogP contribution is 2.37. The Morgan fingerprint density at radius 3 is 2.72 bits per heavy atom. The van der Waals surface area contributed by atoms with Crippen LogP contribution >= 0.6 is 23.4 Å². The summed E-state index contributed by atoms with van der Waals surface area (Å²) in [6.07, 6.45) is -0.179. The summed E-state index contributed by atoms with van der Waals surface area (Å²) in [5.74, 6) is -0.541. The van der Waals surface area contributed by atoms with Crippen LogP contribution in [0.15, 0.2) is 52.3 Å². The van der Waals surface area contributed by atoms with Crippen molar-refractivity contribution >= 4 is 50.7 Å². The van der Waals surface area contributed by atoms with Gasteiger partial charge in [0.05, 0.1) is 21.1 Å². The van der Waals surface area contributed by atoms with Gasteiger partial charge >= 0.3 is 0 Å². The van der Waals surface area contributed by atoms with Crippen molar-refractivity contribution in [1.29, 1.82) is 0 Å². The van der Waals surface area contributed by atoms with E-state index in [2.05, 4.69) is 10.6 Å². The molecule has 0 radical (unpaired) electrons. The van der Waals surface area contributed by atoms with Gasteiger partial charge in [-0.1, -0.05) is 29.8 Å². The van der Waals surface area contributed by atoms with Crippen LogP contribution in [-0.4, -0.2) is 30.7 Å². The van der Waals surface area contributed by atoms with Gasteiger partial charge in [-0.25, -0.2) is 8.42 Å². The number of sulfone groups is 1. The topological polar surface area (TPSA) is 92.3 Å². The summed E-state index contributed by atoms with van der Waals surface area (Å²) >= 11 is 7.45. The number of carbonyl (C=O) groups is 2. The predicted octanol–water partition coefficient (Wildman–Crippen LogP) is 3.64. The van der Waals surface area contributed by atoms with E-state index in [9.17, 15) is 18.0 Å². The summed E-state index contributed by atoms with van der Waals surface area (Å²) in [4.78, 5) is 25.0. The van der Waals surface area contributed by atoms with Crippen molar-refractivity contribution < 1.29 is 18.0 Å². The Bertz CT molecular complexity index is 1060. The van der Waals surface area contributed by atoms with Gasteiger partial charge in [0.2, 0.25) is 11.8 Å². The van der Waals surface area contributed by atoms with Crippen LogP contribution in [0, 0.1) is 0 Å². The maximum Gasteiger partial charge on any atom is 0.237 e. The molecule has 0 fully saturated rings. The van der Waals surface area contributed by atoms with Crippen LogP contribution in [0.4, 0.5) is 5.69 Å². The van der Waals surface area contributed by atoms with Crippen LogP contribution in [-0.2, 0) is 26.0 Å². The van der Waals surface area contributed by atoms with E-state index >= 15 is 0 Å². The van der Waals surface area contributed by atoms with Crippen molar-refractivity contribution in [1.82, 2.24) is 5.32 Å². The zero-order chi connectivity index (χ0) is 21.2. The molecule has 0 aliphatic carbocycles. The number of benzene rings is 2. The number of rotatable bonds is 6. The molecular weight excluding hydrogens is 432 g/mol. The minimum Gasteiger partial charge on any atom is -0.352 e. The fourth-order valence-corrected chi connectivity index (χ4v) is 5.38. The number of amides is 2. The lowest BCUT2D eigenvalue weighted by Gasteiger charge is -2.22. The number of thioether (sulfide) groups is 1. The Hall–Kier alpha value is -2.03. The number of fused-ring (bicyclic) bond motifs is 1. The number of carbonyl (C=O) groups excluding carboxylic acids is 2. The third-order valence-electron chi connectivity index (χ3n) is 4.65. The second kappa shape index (κ2) is 8.77. The lowest BCUT2D eigenvalue weighted by molar-refractivity contribution is -0.121. The molecule has 2 N–H and O–H groups in total. The molecule has 0 spiro atoms. The van der Waals surface area contributed by atoms with Crippen LogP contribution in [0.5, 0.6) is 0 Å². The van der Waals surface area contributed by atoms with Crippen LogP contribution in [0.3, 0.4) is 0 Å². The van der Waals surface area contributed by atoms with Crippen molar-refractivity contribution in [3.05, 3.63) is 53.1 Å². The van der Waals surface area contributed by atoms with Gasteiger partial charge in [-0.05, 0) is 43.7 Å². The first-order valence-corrected chi connectivity index (χ1v) is 11.8. The van der Waals surface area contributed by atoms with Crippen molar-refractivity contribution in [3.8, 4) is 0 Å². The summed E-state index contributed by atoms with van der Waals surface area (Å²) in [6, 6.07) is 11.8. The van der Waals surface area contributed by atoms with Gasteiger partial charge in [0.25, 0.3) is 0 Å². The first-order valence-electron chi connectivity index (χ1n) is 9.04. The largest absolute Gasteiger partial charge is 0.352 e. The molecule has 0 aromatic heterocycles. The van der Waals surface area contributed by atoms with Crippen molar-refractivity contribution in [3.63, 3.8) is 0 Å². The van der Waals surface area contributed by atoms with E-state index in [0.29, 0.717) is 10.7 Å². The standard InChI is InChI=1S/C20H21ClN2O4S2/c1-12(9-19(24)22-11-14-5-3-4-6-16(14)21)29(26,27)15-7-8-18-17(10-15)23-20(25)13(2)28-18/h3-8,10,12-13H,9,11H2,1-2H3,(H,22,24)(H,23,25)/t12-,13-/m0/s1. The Kier molecular flexibility index (Phi) is 6.55. The molecular formula is C20H21ClN2O4S2. The molecule has 6 nitrogen and oxygen atoms in total. The summed E-state index contributed by atoms with van der Waals surface area (Å²) in [6.45, 7) is 3.52. The highest BCUT2D eigenvalue weighted by Gasteiger charge is 2.29. The fraction of sp³-hybridized carbons (Fsp3) is 0.300. The van der Waals surface area contributed by atoms with E-state index in [0.717, 1.165) is 10.5 Å². The van der Waals surface area contributed by atoms with Crippen molar-refractivity contribution in [2.75, 3.05) is 5.32 Å². The number of nitrogens with one attached hydrogen (secondary N) is 2. The molecule has 1 heterocycles. The van der Waals surface area contributed by atoms with E-state index in [1.54, 1.807) is 31.2 Å². The van der Waals surface area contributed by atoms with Gasteiger partial charge in [0.1, 0.15) is 0 Å². The summed E-state index contributed by atoms with van der Waals surface area (Å²) < 4.78 is 25.8. The molecule has 29 heavy (non-hydrogen) atoms. The first-order chi connectivity index (χ1) is 13.7. The van der Waals surface area contributed by atoms with E-state index in [-0.39, 0.29) is 34.9 Å². The zero-order valence-electron chi connectivity index (χ0n) is 15.9. The number of anilines is 1. The molecule has 1 aliphatic rings. The van der Waals surface area contributed by atoms with Crippen LogP contribution in [0.25, 0.3) is 0 Å². The van der Waals surface area contributed by atoms with Crippen molar-refractivity contribution in [2.24, 2.45) is 0 Å². The SMILES string of the molecule is C[C@@H]1Sc2ccc(S(=O)(=O)[C@@H](C)CC(=O)NCc3ccccc3Cl)cc2NC1=O.